The minimum Gasteiger partial charge on any atom is -0.207 e. The van der Waals surface area contributed by atoms with Gasteiger partial charge in [-0.2, -0.15) is 0 Å². The van der Waals surface area contributed by atoms with Gasteiger partial charge in [0.1, 0.15) is 0 Å². The van der Waals surface area contributed by atoms with E-state index in [9.17, 15) is 8.42 Å². The molecule has 3 nitrogen and oxygen atoms in total. The van der Waals surface area contributed by atoms with E-state index >= 15 is 0 Å². The molecule has 1 aromatic rings. The van der Waals surface area contributed by atoms with E-state index in [1.165, 1.54) is 5.56 Å². The molecule has 0 fully saturated rings. The van der Waals surface area contributed by atoms with Crippen LogP contribution in [0.5, 0.6) is 0 Å². The Labute approximate surface area is 125 Å². The molecule has 0 radical (unpaired) electrons. The lowest BCUT2D eigenvalue weighted by atomic mass is 10.1. The Morgan fingerprint density at radius 3 is 2.21 bits per heavy atom. The molecule has 19 heavy (non-hydrogen) atoms. The Bertz CT molecular complexity index is 483. The summed E-state index contributed by atoms with van der Waals surface area (Å²) >= 11 is 3.35. The zero-order chi connectivity index (χ0) is 14.5. The van der Waals surface area contributed by atoms with Gasteiger partial charge < -0.3 is 0 Å². The lowest BCUT2D eigenvalue weighted by Crippen LogP contribution is -2.39. The van der Waals surface area contributed by atoms with Gasteiger partial charge in [0, 0.05) is 11.4 Å². The number of aryl methyl sites for hydroxylation is 1. The molecule has 1 atom stereocenters. The van der Waals surface area contributed by atoms with Gasteiger partial charge in [-0.15, -0.1) is 0 Å². The van der Waals surface area contributed by atoms with Crippen molar-refractivity contribution >= 4 is 26.0 Å². The van der Waals surface area contributed by atoms with Gasteiger partial charge in [0.25, 0.3) is 0 Å². The fraction of sp³-hybridized carbons (Fsp3) is 0.571. The summed E-state index contributed by atoms with van der Waals surface area (Å²) in [5, 5.41) is 0.609. The number of sulfonamides is 1. The first-order chi connectivity index (χ1) is 8.90. The molecule has 0 saturated heterocycles. The van der Waals surface area contributed by atoms with Crippen molar-refractivity contribution in [1.82, 2.24) is 4.72 Å². The van der Waals surface area contributed by atoms with E-state index in [-0.39, 0.29) is 12.0 Å². The summed E-state index contributed by atoms with van der Waals surface area (Å²) in [6.07, 6.45) is 2.03. The molecular weight excluding hydrogens is 326 g/mol. The van der Waals surface area contributed by atoms with Gasteiger partial charge in [0.2, 0.25) is 10.0 Å². The van der Waals surface area contributed by atoms with Crippen molar-refractivity contribution in [2.45, 2.75) is 44.6 Å². The van der Waals surface area contributed by atoms with Crippen molar-refractivity contribution in [3.63, 3.8) is 0 Å². The summed E-state index contributed by atoms with van der Waals surface area (Å²) < 4.78 is 27.2. The SMILES string of the molecule is CCCc1ccc(S(=O)(=O)NC(CBr)C(C)C)cc1. The first-order valence-electron chi connectivity index (χ1n) is 6.58. The van der Waals surface area contributed by atoms with E-state index in [0.29, 0.717) is 10.2 Å². The van der Waals surface area contributed by atoms with Crippen LogP contribution in [0.15, 0.2) is 29.2 Å². The third-order valence-corrected chi connectivity index (χ3v) is 5.25. The Morgan fingerprint density at radius 2 is 1.79 bits per heavy atom. The second-order valence-corrected chi connectivity index (χ2v) is 7.38. The van der Waals surface area contributed by atoms with Crippen LogP contribution in [0.1, 0.15) is 32.8 Å². The smallest absolute Gasteiger partial charge is 0.207 e. The molecule has 0 aliphatic rings. The van der Waals surface area contributed by atoms with Crippen LogP contribution in [0.2, 0.25) is 0 Å². The molecule has 0 spiro atoms. The monoisotopic (exact) mass is 347 g/mol. The molecule has 0 aliphatic heterocycles. The highest BCUT2D eigenvalue weighted by atomic mass is 79.9. The Hall–Kier alpha value is -0.390. The second-order valence-electron chi connectivity index (χ2n) is 5.02. The summed E-state index contributed by atoms with van der Waals surface area (Å²) in [6, 6.07) is 7.03. The van der Waals surface area contributed by atoms with Crippen molar-refractivity contribution in [2.24, 2.45) is 5.92 Å². The van der Waals surface area contributed by atoms with Crippen LogP contribution in [0.25, 0.3) is 0 Å². The maximum Gasteiger partial charge on any atom is 0.240 e. The van der Waals surface area contributed by atoms with Crippen LogP contribution in [0.3, 0.4) is 0 Å². The van der Waals surface area contributed by atoms with Gasteiger partial charge >= 0.3 is 0 Å². The molecule has 0 aromatic heterocycles. The Morgan fingerprint density at radius 1 is 1.21 bits per heavy atom. The van der Waals surface area contributed by atoms with Crippen LogP contribution in [-0.2, 0) is 16.4 Å². The van der Waals surface area contributed by atoms with Gasteiger partial charge in [0.15, 0.2) is 0 Å². The van der Waals surface area contributed by atoms with E-state index in [2.05, 4.69) is 27.6 Å². The minimum atomic E-state index is -3.43. The third-order valence-electron chi connectivity index (χ3n) is 3.05. The molecule has 108 valence electrons. The molecule has 1 aromatic carbocycles. The third kappa shape index (κ3) is 4.89. The molecule has 0 amide bonds. The van der Waals surface area contributed by atoms with E-state index < -0.39 is 10.0 Å². The maximum atomic E-state index is 12.2. The number of alkyl halides is 1. The van der Waals surface area contributed by atoms with E-state index in [1.807, 2.05) is 26.0 Å². The number of halogens is 1. The van der Waals surface area contributed by atoms with Crippen molar-refractivity contribution in [3.05, 3.63) is 29.8 Å². The fourth-order valence-corrected chi connectivity index (χ4v) is 4.25. The Kier molecular flexibility index (Phi) is 6.50. The predicted octanol–water partition coefficient (Wildman–Crippen LogP) is 3.34. The average Bonchev–Trinajstić information content (AvgIpc) is 2.37. The fourth-order valence-electron chi connectivity index (χ4n) is 1.74. The van der Waals surface area contributed by atoms with Crippen LogP contribution >= 0.6 is 15.9 Å². The van der Waals surface area contributed by atoms with E-state index in [1.54, 1.807) is 12.1 Å². The second kappa shape index (κ2) is 7.41. The molecule has 0 saturated carbocycles. The molecule has 1 unspecified atom stereocenters. The molecule has 0 bridgehead atoms. The average molecular weight is 348 g/mol. The van der Waals surface area contributed by atoms with Gasteiger partial charge in [-0.05, 0) is 30.0 Å². The highest BCUT2D eigenvalue weighted by molar-refractivity contribution is 9.09. The van der Waals surface area contributed by atoms with Crippen molar-refractivity contribution < 1.29 is 8.42 Å². The number of nitrogens with one attached hydrogen (secondary N) is 1. The largest absolute Gasteiger partial charge is 0.240 e. The van der Waals surface area contributed by atoms with Gasteiger partial charge in [0.05, 0.1) is 4.90 Å². The van der Waals surface area contributed by atoms with E-state index in [0.717, 1.165) is 12.8 Å². The minimum absolute atomic E-state index is 0.0969. The van der Waals surface area contributed by atoms with Crippen LogP contribution in [-0.4, -0.2) is 19.8 Å². The maximum absolute atomic E-state index is 12.2. The topological polar surface area (TPSA) is 46.2 Å². The Balaban J connectivity index is 2.87. The molecule has 5 heteroatoms. The molecule has 1 rings (SSSR count). The summed E-state index contributed by atoms with van der Waals surface area (Å²) in [5.41, 5.74) is 1.17. The normalized spacial score (nSPS) is 13.7. The first kappa shape index (κ1) is 16.7. The van der Waals surface area contributed by atoms with Crippen LogP contribution in [0, 0.1) is 5.92 Å². The summed E-state index contributed by atoms with van der Waals surface area (Å²) in [5.74, 6) is 0.244. The van der Waals surface area contributed by atoms with E-state index in [4.69, 9.17) is 0 Å². The summed E-state index contributed by atoms with van der Waals surface area (Å²) in [4.78, 5) is 0.332. The van der Waals surface area contributed by atoms with Crippen LogP contribution < -0.4 is 4.72 Å². The molecule has 0 heterocycles. The summed E-state index contributed by atoms with van der Waals surface area (Å²) in [6.45, 7) is 6.10. The highest BCUT2D eigenvalue weighted by Gasteiger charge is 2.21. The van der Waals surface area contributed by atoms with Gasteiger partial charge in [-0.25, -0.2) is 13.1 Å². The van der Waals surface area contributed by atoms with Gasteiger partial charge in [-0.3, -0.25) is 0 Å². The van der Waals surface area contributed by atoms with Crippen molar-refractivity contribution in [1.29, 1.82) is 0 Å². The number of hydrogen-bond donors (Lipinski definition) is 1. The van der Waals surface area contributed by atoms with Gasteiger partial charge in [-0.1, -0.05) is 55.3 Å². The van der Waals surface area contributed by atoms with Crippen molar-refractivity contribution in [3.8, 4) is 0 Å². The molecule has 0 aliphatic carbocycles. The number of benzene rings is 1. The number of rotatable bonds is 7. The predicted molar refractivity (Wildman–Crippen MR) is 83.2 cm³/mol. The molecule has 1 N–H and O–H groups in total. The quantitative estimate of drug-likeness (QED) is 0.769. The lowest BCUT2D eigenvalue weighted by molar-refractivity contribution is 0.484. The standard InChI is InChI=1S/C14H22BrNO2S/c1-4-5-12-6-8-13(9-7-12)19(17,18)16-14(10-15)11(2)3/h6-9,11,14,16H,4-5,10H2,1-3H3. The van der Waals surface area contributed by atoms with Crippen molar-refractivity contribution in [2.75, 3.05) is 5.33 Å². The first-order valence-corrected chi connectivity index (χ1v) is 9.18. The highest BCUT2D eigenvalue weighted by Crippen LogP contribution is 2.14. The zero-order valence-corrected chi connectivity index (χ0v) is 14.1. The summed E-state index contributed by atoms with van der Waals surface area (Å²) in [7, 11) is -3.43. The number of hydrogen-bond acceptors (Lipinski definition) is 2. The molecular formula is C14H22BrNO2S. The zero-order valence-electron chi connectivity index (χ0n) is 11.7. The van der Waals surface area contributed by atoms with Crippen LogP contribution in [0.4, 0.5) is 0 Å². The lowest BCUT2D eigenvalue weighted by Gasteiger charge is -2.19.